The molecule has 2 rings (SSSR count). The van der Waals surface area contributed by atoms with Gasteiger partial charge in [0.2, 0.25) is 0 Å². The van der Waals surface area contributed by atoms with Crippen molar-refractivity contribution in [2.45, 2.75) is 70.9 Å². The average Bonchev–Trinajstić information content (AvgIpc) is 3.14. The van der Waals surface area contributed by atoms with Crippen LogP contribution in [-0.2, 0) is 0 Å². The van der Waals surface area contributed by atoms with Crippen molar-refractivity contribution < 1.29 is 0 Å². The Balaban J connectivity index is 1.88. The van der Waals surface area contributed by atoms with Crippen LogP contribution in [0.3, 0.4) is 0 Å². The van der Waals surface area contributed by atoms with Gasteiger partial charge in [0.25, 0.3) is 0 Å². The van der Waals surface area contributed by atoms with Crippen molar-refractivity contribution in [2.75, 3.05) is 19.6 Å². The molecule has 0 spiro atoms. The van der Waals surface area contributed by atoms with Crippen LogP contribution in [0.2, 0.25) is 0 Å². The third kappa shape index (κ3) is 3.96. The summed E-state index contributed by atoms with van der Waals surface area (Å²) in [5.41, 5.74) is 0. The van der Waals surface area contributed by atoms with E-state index in [0.717, 1.165) is 24.5 Å². The molecule has 0 aromatic carbocycles. The van der Waals surface area contributed by atoms with Crippen LogP contribution in [-0.4, -0.2) is 36.6 Å². The fourth-order valence-electron chi connectivity index (χ4n) is 3.41. The van der Waals surface area contributed by atoms with Gasteiger partial charge in [0.1, 0.15) is 0 Å². The van der Waals surface area contributed by atoms with Crippen LogP contribution in [0.4, 0.5) is 0 Å². The zero-order valence-corrected chi connectivity index (χ0v) is 11.8. The van der Waals surface area contributed by atoms with Crippen LogP contribution in [0.5, 0.6) is 0 Å². The molecule has 0 radical (unpaired) electrons. The van der Waals surface area contributed by atoms with Gasteiger partial charge in [-0.2, -0.15) is 0 Å². The molecule has 0 saturated heterocycles. The van der Waals surface area contributed by atoms with Crippen molar-refractivity contribution in [3.8, 4) is 0 Å². The quantitative estimate of drug-likeness (QED) is 0.716. The Morgan fingerprint density at radius 1 is 1.00 bits per heavy atom. The van der Waals surface area contributed by atoms with Gasteiger partial charge >= 0.3 is 0 Å². The molecule has 0 heterocycles. The average molecular weight is 238 g/mol. The van der Waals surface area contributed by atoms with Gasteiger partial charge in [-0.25, -0.2) is 0 Å². The van der Waals surface area contributed by atoms with Crippen LogP contribution in [0.25, 0.3) is 0 Å². The molecule has 0 aliphatic heterocycles. The first-order valence-electron chi connectivity index (χ1n) is 7.82. The number of hydrogen-bond donors (Lipinski definition) is 1. The maximum absolute atomic E-state index is 3.74. The van der Waals surface area contributed by atoms with Gasteiger partial charge in [-0.05, 0) is 44.7 Å². The molecule has 0 bridgehead atoms. The molecule has 17 heavy (non-hydrogen) atoms. The first kappa shape index (κ1) is 13.4. The van der Waals surface area contributed by atoms with E-state index in [9.17, 15) is 0 Å². The van der Waals surface area contributed by atoms with Crippen molar-refractivity contribution in [3.63, 3.8) is 0 Å². The Morgan fingerprint density at radius 3 is 2.41 bits per heavy atom. The minimum absolute atomic E-state index is 0.787. The molecule has 2 atom stereocenters. The lowest BCUT2D eigenvalue weighted by Gasteiger charge is -2.31. The molecule has 2 unspecified atom stereocenters. The molecular weight excluding hydrogens is 208 g/mol. The summed E-state index contributed by atoms with van der Waals surface area (Å²) in [5.74, 6) is 0.901. The summed E-state index contributed by atoms with van der Waals surface area (Å²) in [6, 6.07) is 1.72. The first-order valence-corrected chi connectivity index (χ1v) is 7.82. The lowest BCUT2D eigenvalue weighted by atomic mass is 9.94. The smallest absolute Gasteiger partial charge is 0.0107 e. The van der Waals surface area contributed by atoms with Crippen LogP contribution in [0.15, 0.2) is 0 Å². The molecule has 2 fully saturated rings. The van der Waals surface area contributed by atoms with Crippen molar-refractivity contribution in [2.24, 2.45) is 5.92 Å². The maximum atomic E-state index is 3.74. The van der Waals surface area contributed by atoms with Gasteiger partial charge < -0.3 is 10.2 Å². The zero-order chi connectivity index (χ0) is 12.1. The number of hydrogen-bond acceptors (Lipinski definition) is 2. The molecule has 0 aromatic heterocycles. The second-order valence-electron chi connectivity index (χ2n) is 5.88. The predicted octanol–water partition coefficient (Wildman–Crippen LogP) is 3.03. The molecule has 1 N–H and O–H groups in total. The molecule has 2 heteroatoms. The lowest BCUT2D eigenvalue weighted by Crippen LogP contribution is -2.42. The minimum Gasteiger partial charge on any atom is -0.314 e. The van der Waals surface area contributed by atoms with Crippen LogP contribution < -0.4 is 5.32 Å². The van der Waals surface area contributed by atoms with Crippen molar-refractivity contribution in [1.82, 2.24) is 10.2 Å². The minimum atomic E-state index is 0.787. The predicted molar refractivity (Wildman–Crippen MR) is 74.3 cm³/mol. The Bertz CT molecular complexity index is 213. The van der Waals surface area contributed by atoms with Crippen LogP contribution in [0.1, 0.15) is 58.8 Å². The van der Waals surface area contributed by atoms with Gasteiger partial charge in [-0.3, -0.25) is 0 Å². The fourth-order valence-corrected chi connectivity index (χ4v) is 3.41. The first-order chi connectivity index (χ1) is 8.35. The standard InChI is InChI=1S/C15H30N2/c1-3-16-15-9-7-5-6-8-13(15)12-17(4-2)14-10-11-14/h13-16H,3-12H2,1-2H3. The van der Waals surface area contributed by atoms with E-state index in [0.29, 0.717) is 0 Å². The summed E-state index contributed by atoms with van der Waals surface area (Å²) < 4.78 is 0. The van der Waals surface area contributed by atoms with Crippen LogP contribution >= 0.6 is 0 Å². The molecular formula is C15H30N2. The highest BCUT2D eigenvalue weighted by atomic mass is 15.2. The number of rotatable bonds is 6. The van der Waals surface area contributed by atoms with Gasteiger partial charge in [0.05, 0.1) is 0 Å². The molecule has 2 aliphatic rings. The highest BCUT2D eigenvalue weighted by molar-refractivity contribution is 4.88. The fraction of sp³-hybridized carbons (Fsp3) is 1.00. The van der Waals surface area contributed by atoms with E-state index in [4.69, 9.17) is 0 Å². The summed E-state index contributed by atoms with van der Waals surface area (Å²) in [5, 5.41) is 3.74. The second-order valence-corrected chi connectivity index (χ2v) is 5.88. The normalized spacial score (nSPS) is 30.5. The topological polar surface area (TPSA) is 15.3 Å². The van der Waals surface area contributed by atoms with E-state index in [2.05, 4.69) is 24.1 Å². The largest absolute Gasteiger partial charge is 0.314 e. The highest BCUT2D eigenvalue weighted by Crippen LogP contribution is 2.30. The second kappa shape index (κ2) is 6.75. The van der Waals surface area contributed by atoms with Gasteiger partial charge in [0.15, 0.2) is 0 Å². The Morgan fingerprint density at radius 2 is 1.76 bits per heavy atom. The van der Waals surface area contributed by atoms with E-state index in [1.807, 2.05) is 0 Å². The monoisotopic (exact) mass is 238 g/mol. The van der Waals surface area contributed by atoms with E-state index in [1.165, 1.54) is 58.0 Å². The van der Waals surface area contributed by atoms with Gasteiger partial charge in [-0.1, -0.05) is 33.1 Å². The molecule has 100 valence electrons. The summed E-state index contributed by atoms with van der Waals surface area (Å²) in [6.07, 6.45) is 10.1. The molecule has 2 aliphatic carbocycles. The zero-order valence-electron chi connectivity index (χ0n) is 11.8. The van der Waals surface area contributed by atoms with Crippen molar-refractivity contribution in [1.29, 1.82) is 0 Å². The van der Waals surface area contributed by atoms with E-state index < -0.39 is 0 Å². The van der Waals surface area contributed by atoms with Gasteiger partial charge in [-0.15, -0.1) is 0 Å². The molecule has 2 nitrogen and oxygen atoms in total. The Labute approximate surface area is 107 Å². The third-order valence-electron chi connectivity index (χ3n) is 4.56. The molecule has 0 aromatic rings. The summed E-state index contributed by atoms with van der Waals surface area (Å²) in [6.45, 7) is 8.31. The Hall–Kier alpha value is -0.0800. The van der Waals surface area contributed by atoms with Crippen LogP contribution in [0, 0.1) is 5.92 Å². The summed E-state index contributed by atoms with van der Waals surface area (Å²) >= 11 is 0. The highest BCUT2D eigenvalue weighted by Gasteiger charge is 2.31. The maximum Gasteiger partial charge on any atom is 0.0107 e. The summed E-state index contributed by atoms with van der Waals surface area (Å²) in [4.78, 5) is 2.74. The van der Waals surface area contributed by atoms with E-state index in [1.54, 1.807) is 0 Å². The summed E-state index contributed by atoms with van der Waals surface area (Å²) in [7, 11) is 0. The van der Waals surface area contributed by atoms with Crippen molar-refractivity contribution in [3.05, 3.63) is 0 Å². The lowest BCUT2D eigenvalue weighted by molar-refractivity contribution is 0.194. The van der Waals surface area contributed by atoms with E-state index in [-0.39, 0.29) is 0 Å². The number of nitrogens with zero attached hydrogens (tertiary/aromatic N) is 1. The van der Waals surface area contributed by atoms with E-state index >= 15 is 0 Å². The Kier molecular flexibility index (Phi) is 5.30. The third-order valence-corrected chi connectivity index (χ3v) is 4.56. The molecule has 2 saturated carbocycles. The van der Waals surface area contributed by atoms with Crippen molar-refractivity contribution >= 4 is 0 Å². The van der Waals surface area contributed by atoms with Gasteiger partial charge in [0, 0.05) is 18.6 Å². The SMILES string of the molecule is CCNC1CCCCCC1CN(CC)C1CC1. The molecule has 0 amide bonds. The number of nitrogens with one attached hydrogen (secondary N) is 1.